The number of carbonyl (C=O) groups excluding carboxylic acids is 3. The van der Waals surface area contributed by atoms with Crippen molar-refractivity contribution in [2.75, 3.05) is 18.0 Å². The van der Waals surface area contributed by atoms with E-state index in [-0.39, 0.29) is 24.1 Å². The van der Waals surface area contributed by atoms with Gasteiger partial charge in [-0.3, -0.25) is 19.7 Å². The fourth-order valence-electron chi connectivity index (χ4n) is 5.61. The Morgan fingerprint density at radius 3 is 2.58 bits per heavy atom. The van der Waals surface area contributed by atoms with E-state index in [1.54, 1.807) is 4.90 Å². The fraction of sp³-hybridized carbons (Fsp3) is 0.625. The van der Waals surface area contributed by atoms with Crippen LogP contribution in [0.5, 0.6) is 0 Å². The van der Waals surface area contributed by atoms with Crippen molar-refractivity contribution in [3.63, 3.8) is 0 Å². The molecule has 3 N–H and O–H groups in total. The first-order valence-corrected chi connectivity index (χ1v) is 11.8. The van der Waals surface area contributed by atoms with Crippen LogP contribution in [-0.4, -0.2) is 47.8 Å². The Balaban J connectivity index is 1.42. The predicted molar refractivity (Wildman–Crippen MR) is 117 cm³/mol. The molecule has 7 nitrogen and oxygen atoms in total. The number of carbonyl (C=O) groups is 3. The van der Waals surface area contributed by atoms with Crippen LogP contribution in [0.25, 0.3) is 0 Å². The zero-order valence-corrected chi connectivity index (χ0v) is 18.0. The average molecular weight is 425 g/mol. The first-order valence-electron chi connectivity index (χ1n) is 11.8. The van der Waals surface area contributed by atoms with E-state index in [4.69, 9.17) is 5.73 Å². The minimum atomic E-state index is -0.571. The number of amides is 3. The highest BCUT2D eigenvalue weighted by Gasteiger charge is 2.41. The molecule has 1 saturated heterocycles. The highest BCUT2D eigenvalue weighted by atomic mass is 16.2. The summed E-state index contributed by atoms with van der Waals surface area (Å²) in [5.41, 5.74) is 8.84. The third-order valence-electron chi connectivity index (χ3n) is 7.63. The van der Waals surface area contributed by atoms with Crippen molar-refractivity contribution in [1.29, 1.82) is 0 Å². The summed E-state index contributed by atoms with van der Waals surface area (Å²) < 4.78 is 0. The van der Waals surface area contributed by atoms with Crippen LogP contribution in [0.2, 0.25) is 0 Å². The Labute approximate surface area is 183 Å². The van der Waals surface area contributed by atoms with Gasteiger partial charge in [0.1, 0.15) is 6.04 Å². The molecule has 7 heteroatoms. The second-order valence-electron chi connectivity index (χ2n) is 9.70. The van der Waals surface area contributed by atoms with Gasteiger partial charge in [-0.05, 0) is 62.6 Å². The zero-order chi connectivity index (χ0) is 21.5. The van der Waals surface area contributed by atoms with Gasteiger partial charge in [-0.2, -0.15) is 0 Å². The molecule has 0 spiro atoms. The molecule has 166 valence electrons. The number of hydrogen-bond acceptors (Lipinski definition) is 5. The molecule has 2 saturated carbocycles. The lowest BCUT2D eigenvalue weighted by molar-refractivity contribution is -0.136. The van der Waals surface area contributed by atoms with Crippen LogP contribution in [0, 0.1) is 11.8 Å². The van der Waals surface area contributed by atoms with Crippen LogP contribution >= 0.6 is 0 Å². The van der Waals surface area contributed by atoms with Crippen LogP contribution < -0.4 is 16.0 Å². The minimum Gasteiger partial charge on any atom is -0.368 e. The molecule has 2 aliphatic carbocycles. The van der Waals surface area contributed by atoms with E-state index < -0.39 is 6.04 Å². The first-order chi connectivity index (χ1) is 15.0. The third-order valence-corrected chi connectivity index (χ3v) is 7.63. The zero-order valence-electron chi connectivity index (χ0n) is 18.0. The molecule has 3 amide bonds. The molecule has 2 aliphatic heterocycles. The number of fused-ring (bicyclic) bond motifs is 1. The molecular weight excluding hydrogens is 392 g/mol. The van der Waals surface area contributed by atoms with Crippen LogP contribution in [-0.2, 0) is 16.1 Å². The van der Waals surface area contributed by atoms with Gasteiger partial charge in [0.05, 0.1) is 0 Å². The predicted octanol–water partition coefficient (Wildman–Crippen LogP) is 2.18. The van der Waals surface area contributed by atoms with E-state index in [1.807, 2.05) is 12.1 Å². The number of piperidine rings is 1. The highest BCUT2D eigenvalue weighted by molar-refractivity contribution is 6.06. The lowest BCUT2D eigenvalue weighted by Crippen LogP contribution is -2.52. The van der Waals surface area contributed by atoms with Crippen LogP contribution in [0.4, 0.5) is 5.69 Å². The smallest absolute Gasteiger partial charge is 0.255 e. The molecule has 1 aromatic carbocycles. The topological polar surface area (TPSA) is 95.7 Å². The molecule has 3 atom stereocenters. The Bertz CT molecular complexity index is 897. The molecule has 0 radical (unpaired) electrons. The lowest BCUT2D eigenvalue weighted by Gasteiger charge is -2.33. The van der Waals surface area contributed by atoms with Gasteiger partial charge in [0.15, 0.2) is 0 Å². The van der Waals surface area contributed by atoms with Crippen molar-refractivity contribution >= 4 is 23.4 Å². The number of benzene rings is 1. The van der Waals surface area contributed by atoms with Gasteiger partial charge in [-0.15, -0.1) is 0 Å². The number of rotatable bonds is 7. The number of hydrogen-bond donors (Lipinski definition) is 2. The second kappa shape index (κ2) is 8.26. The van der Waals surface area contributed by atoms with Gasteiger partial charge in [-0.25, -0.2) is 0 Å². The monoisotopic (exact) mass is 424 g/mol. The van der Waals surface area contributed by atoms with Crippen molar-refractivity contribution in [3.05, 3.63) is 29.3 Å². The van der Waals surface area contributed by atoms with Crippen molar-refractivity contribution in [3.8, 4) is 0 Å². The quantitative estimate of drug-likeness (QED) is 0.654. The van der Waals surface area contributed by atoms with Crippen molar-refractivity contribution in [2.24, 2.45) is 17.6 Å². The summed E-state index contributed by atoms with van der Waals surface area (Å²) in [6.07, 6.45) is 7.94. The molecule has 31 heavy (non-hydrogen) atoms. The fourth-order valence-corrected chi connectivity index (χ4v) is 5.61. The molecule has 5 rings (SSSR count). The second-order valence-corrected chi connectivity index (χ2v) is 9.70. The lowest BCUT2D eigenvalue weighted by atomic mass is 10.0. The Morgan fingerprint density at radius 1 is 1.06 bits per heavy atom. The van der Waals surface area contributed by atoms with E-state index >= 15 is 0 Å². The van der Waals surface area contributed by atoms with E-state index in [2.05, 4.69) is 16.3 Å². The van der Waals surface area contributed by atoms with E-state index in [9.17, 15) is 14.4 Å². The van der Waals surface area contributed by atoms with E-state index in [1.165, 1.54) is 19.3 Å². The Hall–Kier alpha value is -2.41. The van der Waals surface area contributed by atoms with Gasteiger partial charge in [0, 0.05) is 42.4 Å². The summed E-state index contributed by atoms with van der Waals surface area (Å²) in [5, 5.41) is 2.39. The highest BCUT2D eigenvalue weighted by Crippen LogP contribution is 2.40. The normalized spacial score (nSPS) is 28.1. The van der Waals surface area contributed by atoms with Gasteiger partial charge < -0.3 is 15.5 Å². The first kappa shape index (κ1) is 20.5. The van der Waals surface area contributed by atoms with Crippen LogP contribution in [0.15, 0.2) is 18.2 Å². The number of anilines is 1. The van der Waals surface area contributed by atoms with Crippen molar-refractivity contribution in [1.82, 2.24) is 10.2 Å². The molecule has 1 aromatic rings. The van der Waals surface area contributed by atoms with E-state index in [0.29, 0.717) is 30.5 Å². The van der Waals surface area contributed by atoms with Crippen molar-refractivity contribution in [2.45, 2.75) is 70.0 Å². The SMILES string of the molecule is NC[C@@H]1CC[C@@H](N(CCC2CC2)c2cccc3c2CN(C2CCC(=O)NC2=O)C3=O)C1. The van der Waals surface area contributed by atoms with Crippen LogP contribution in [0.3, 0.4) is 0 Å². The average Bonchev–Trinajstić information content (AvgIpc) is 3.36. The number of imide groups is 1. The summed E-state index contributed by atoms with van der Waals surface area (Å²) in [7, 11) is 0. The largest absolute Gasteiger partial charge is 0.368 e. The Kier molecular flexibility index (Phi) is 5.46. The summed E-state index contributed by atoms with van der Waals surface area (Å²) in [6.45, 7) is 2.18. The molecule has 3 fully saturated rings. The minimum absolute atomic E-state index is 0.0975. The summed E-state index contributed by atoms with van der Waals surface area (Å²) in [6, 6.07) is 5.88. The molecule has 0 bridgehead atoms. The van der Waals surface area contributed by atoms with Crippen LogP contribution in [0.1, 0.15) is 67.3 Å². The summed E-state index contributed by atoms with van der Waals surface area (Å²) in [4.78, 5) is 41.4. The van der Waals surface area contributed by atoms with E-state index in [0.717, 1.165) is 49.5 Å². The maximum atomic E-state index is 13.2. The molecular formula is C24H32N4O3. The molecule has 0 aromatic heterocycles. The molecule has 4 aliphatic rings. The standard InChI is InChI=1S/C24H32N4O3/c25-13-16-6-7-17(12-16)27(11-10-15-4-5-15)20-3-1-2-18-19(20)14-28(24(18)31)21-8-9-22(29)26-23(21)30/h1-3,15-17,21H,4-14,25H2,(H,26,29,30)/t16-,17-,21?/m1/s1. The summed E-state index contributed by atoms with van der Waals surface area (Å²) in [5.74, 6) is 0.707. The number of nitrogens with zero attached hydrogens (tertiary/aromatic N) is 2. The number of nitrogens with one attached hydrogen (secondary N) is 1. The summed E-state index contributed by atoms with van der Waals surface area (Å²) >= 11 is 0. The van der Waals surface area contributed by atoms with Gasteiger partial charge >= 0.3 is 0 Å². The van der Waals surface area contributed by atoms with Crippen molar-refractivity contribution < 1.29 is 14.4 Å². The molecule has 2 heterocycles. The third kappa shape index (κ3) is 3.95. The molecule has 1 unspecified atom stereocenters. The van der Waals surface area contributed by atoms with Gasteiger partial charge in [-0.1, -0.05) is 18.9 Å². The maximum Gasteiger partial charge on any atom is 0.255 e. The maximum absolute atomic E-state index is 13.2. The Morgan fingerprint density at radius 2 is 1.87 bits per heavy atom. The van der Waals surface area contributed by atoms with Gasteiger partial charge in [0.2, 0.25) is 11.8 Å². The number of nitrogens with two attached hydrogens (primary N) is 1. The van der Waals surface area contributed by atoms with Gasteiger partial charge in [0.25, 0.3) is 5.91 Å².